The van der Waals surface area contributed by atoms with E-state index in [0.29, 0.717) is 42.1 Å². The third kappa shape index (κ3) is 3.43. The maximum absolute atomic E-state index is 13.7. The van der Waals surface area contributed by atoms with Crippen LogP contribution >= 0.6 is 11.6 Å². The lowest BCUT2D eigenvalue weighted by atomic mass is 9.98. The van der Waals surface area contributed by atoms with Crippen molar-refractivity contribution < 1.29 is 9.13 Å². The monoisotopic (exact) mass is 467 g/mol. The minimum atomic E-state index is -0.430. The number of rotatable bonds is 2. The summed E-state index contributed by atoms with van der Waals surface area (Å²) in [4.78, 5) is 22.1. The fourth-order valence-corrected chi connectivity index (χ4v) is 5.18. The number of fused-ring (bicyclic) bond motifs is 5. The number of aromatic nitrogens is 2. The minimum Gasteiger partial charge on any atom is -0.484 e. The van der Waals surface area contributed by atoms with E-state index in [4.69, 9.17) is 16.3 Å². The highest BCUT2D eigenvalue weighted by atomic mass is 35.5. The molecule has 33 heavy (non-hydrogen) atoms. The second-order valence-electron chi connectivity index (χ2n) is 8.73. The summed E-state index contributed by atoms with van der Waals surface area (Å²) in [6, 6.07) is 10.4. The van der Waals surface area contributed by atoms with Gasteiger partial charge in [-0.25, -0.2) is 9.37 Å². The van der Waals surface area contributed by atoms with Crippen LogP contribution in [0.5, 0.6) is 5.75 Å². The highest BCUT2D eigenvalue weighted by molar-refractivity contribution is 6.30. The van der Waals surface area contributed by atoms with Crippen LogP contribution in [0.2, 0.25) is 5.02 Å². The molecule has 2 aliphatic heterocycles. The molecule has 1 aromatic carbocycles. The van der Waals surface area contributed by atoms with Crippen LogP contribution in [-0.4, -0.2) is 46.2 Å². The van der Waals surface area contributed by atoms with Crippen molar-refractivity contribution in [2.24, 2.45) is 7.05 Å². The number of hydrogen-bond donors (Lipinski definition) is 0. The molecule has 9 heteroatoms. The van der Waals surface area contributed by atoms with Crippen LogP contribution in [0, 0.1) is 17.1 Å². The maximum Gasteiger partial charge on any atom is 0.295 e. The molecule has 0 aliphatic carbocycles. The highest BCUT2D eigenvalue weighted by Crippen LogP contribution is 2.40. The van der Waals surface area contributed by atoms with Gasteiger partial charge >= 0.3 is 0 Å². The van der Waals surface area contributed by atoms with E-state index in [1.54, 1.807) is 31.3 Å². The smallest absolute Gasteiger partial charge is 0.295 e. The van der Waals surface area contributed by atoms with Crippen molar-refractivity contribution in [2.75, 3.05) is 24.6 Å². The van der Waals surface area contributed by atoms with Crippen LogP contribution in [-0.2, 0) is 7.05 Å². The van der Waals surface area contributed by atoms with Gasteiger partial charge in [0.15, 0.2) is 0 Å². The molecule has 1 saturated heterocycles. The van der Waals surface area contributed by atoms with Gasteiger partial charge in [-0.15, -0.1) is 0 Å². The summed E-state index contributed by atoms with van der Waals surface area (Å²) in [5.74, 6) is -0.150. The van der Waals surface area contributed by atoms with Gasteiger partial charge in [-0.2, -0.15) is 5.26 Å². The minimum absolute atomic E-state index is 0.00471. The van der Waals surface area contributed by atoms with Gasteiger partial charge in [0.2, 0.25) is 5.75 Å². The van der Waals surface area contributed by atoms with Crippen molar-refractivity contribution in [3.05, 3.63) is 62.8 Å². The van der Waals surface area contributed by atoms with Gasteiger partial charge in [0, 0.05) is 32.2 Å². The second-order valence-corrected chi connectivity index (χ2v) is 9.14. The molecule has 4 heterocycles. The molecule has 0 saturated carbocycles. The third-order valence-corrected chi connectivity index (χ3v) is 7.10. The van der Waals surface area contributed by atoms with Crippen molar-refractivity contribution in [1.29, 1.82) is 5.26 Å². The molecule has 7 nitrogen and oxygen atoms in total. The van der Waals surface area contributed by atoms with E-state index in [1.807, 2.05) is 0 Å². The van der Waals surface area contributed by atoms with E-state index in [9.17, 15) is 14.4 Å². The van der Waals surface area contributed by atoms with E-state index in [0.717, 1.165) is 5.56 Å². The summed E-state index contributed by atoms with van der Waals surface area (Å²) in [5, 5.41) is 9.49. The Kier molecular flexibility index (Phi) is 5.26. The number of nitrogens with zero attached hydrogens (tertiary/aromatic N) is 5. The Morgan fingerprint density at radius 3 is 2.82 bits per heavy atom. The predicted molar refractivity (Wildman–Crippen MR) is 124 cm³/mol. The number of ether oxygens (including phenoxy) is 1. The van der Waals surface area contributed by atoms with Crippen molar-refractivity contribution in [1.82, 2.24) is 14.5 Å². The van der Waals surface area contributed by atoms with Gasteiger partial charge in [-0.3, -0.25) is 9.69 Å². The Bertz CT molecular complexity index is 1370. The summed E-state index contributed by atoms with van der Waals surface area (Å²) in [6.45, 7) is 5.92. The zero-order valence-corrected chi connectivity index (χ0v) is 19.3. The van der Waals surface area contributed by atoms with Crippen LogP contribution in [0.25, 0.3) is 11.0 Å². The fourth-order valence-electron chi connectivity index (χ4n) is 4.99. The van der Waals surface area contributed by atoms with E-state index >= 15 is 0 Å². The molecule has 1 fully saturated rings. The first-order chi connectivity index (χ1) is 15.8. The average Bonchev–Trinajstić information content (AvgIpc) is 2.82. The summed E-state index contributed by atoms with van der Waals surface area (Å²) >= 11 is 6.02. The Morgan fingerprint density at radius 1 is 1.30 bits per heavy atom. The lowest BCUT2D eigenvalue weighted by molar-refractivity contribution is 0.0917. The summed E-state index contributed by atoms with van der Waals surface area (Å²) in [6.07, 6.45) is 0. The van der Waals surface area contributed by atoms with Gasteiger partial charge in [0.25, 0.3) is 5.56 Å². The molecule has 3 atom stereocenters. The van der Waals surface area contributed by atoms with Crippen molar-refractivity contribution >= 4 is 28.3 Å². The van der Waals surface area contributed by atoms with E-state index in [-0.39, 0.29) is 34.5 Å². The molecular weight excluding hydrogens is 445 g/mol. The quantitative estimate of drug-likeness (QED) is 0.573. The maximum atomic E-state index is 13.7. The molecular formula is C24H23ClFN5O2. The molecule has 0 bridgehead atoms. The number of pyridine rings is 2. The molecule has 3 aromatic rings. The molecule has 5 rings (SSSR count). The highest BCUT2D eigenvalue weighted by Gasteiger charge is 2.40. The Balaban J connectivity index is 1.55. The van der Waals surface area contributed by atoms with Gasteiger partial charge in [-0.05, 0) is 43.7 Å². The third-order valence-electron chi connectivity index (χ3n) is 6.81. The standard InChI is InChI=1S/C24H23ClFN5O2/c1-13-10-31-17(11-30(13)14(2)15-4-6-19(26)18(25)8-15)12-33-23-22(31)21-20(29(3)24(23)32)7-5-16(9-27)28-21/h4-8,13-14,17H,10-12H2,1-3H3/t13-,14?,17+/m1/s1. The topological polar surface area (TPSA) is 74.4 Å². The first-order valence-electron chi connectivity index (χ1n) is 10.8. The second kappa shape index (κ2) is 8.01. The number of hydrogen-bond acceptors (Lipinski definition) is 6. The number of nitriles is 1. The molecule has 2 aliphatic rings. The van der Waals surface area contributed by atoms with Crippen molar-refractivity contribution in [3.63, 3.8) is 0 Å². The first kappa shape index (κ1) is 21.7. The van der Waals surface area contributed by atoms with Crippen LogP contribution in [0.1, 0.15) is 31.1 Å². The summed E-state index contributed by atoms with van der Waals surface area (Å²) in [7, 11) is 1.68. The molecule has 1 unspecified atom stereocenters. The molecule has 0 N–H and O–H groups in total. The van der Waals surface area contributed by atoms with Crippen LogP contribution < -0.4 is 15.2 Å². The van der Waals surface area contributed by atoms with Gasteiger partial charge in [0.1, 0.15) is 35.4 Å². The van der Waals surface area contributed by atoms with E-state index < -0.39 is 5.82 Å². The van der Waals surface area contributed by atoms with Crippen LogP contribution in [0.15, 0.2) is 35.1 Å². The number of piperazine rings is 1. The first-order valence-corrected chi connectivity index (χ1v) is 11.2. The Morgan fingerprint density at radius 2 is 2.09 bits per heavy atom. The molecule has 0 spiro atoms. The lowest BCUT2D eigenvalue weighted by Gasteiger charge is -2.50. The molecule has 0 radical (unpaired) electrons. The zero-order valence-electron chi connectivity index (χ0n) is 18.5. The zero-order chi connectivity index (χ0) is 23.4. The van der Waals surface area contributed by atoms with Gasteiger partial charge in [-0.1, -0.05) is 17.7 Å². The number of anilines is 1. The van der Waals surface area contributed by atoms with Crippen LogP contribution in [0.3, 0.4) is 0 Å². The van der Waals surface area contributed by atoms with Gasteiger partial charge < -0.3 is 14.2 Å². The lowest BCUT2D eigenvalue weighted by Crippen LogP contribution is -2.61. The van der Waals surface area contributed by atoms with Crippen molar-refractivity contribution in [2.45, 2.75) is 32.0 Å². The predicted octanol–water partition coefficient (Wildman–Crippen LogP) is 3.63. The Labute approximate surface area is 195 Å². The Hall–Kier alpha value is -3.15. The number of benzene rings is 1. The molecule has 2 aromatic heterocycles. The number of aryl methyl sites for hydroxylation is 1. The van der Waals surface area contributed by atoms with E-state index in [2.05, 4.69) is 34.7 Å². The number of halogens is 2. The average molecular weight is 468 g/mol. The molecule has 0 amide bonds. The summed E-state index contributed by atoms with van der Waals surface area (Å²) < 4.78 is 21.2. The van der Waals surface area contributed by atoms with Crippen molar-refractivity contribution in [3.8, 4) is 11.8 Å². The van der Waals surface area contributed by atoms with Crippen LogP contribution in [0.4, 0.5) is 10.1 Å². The van der Waals surface area contributed by atoms with E-state index in [1.165, 1.54) is 10.6 Å². The summed E-state index contributed by atoms with van der Waals surface area (Å²) in [5.41, 5.74) is 2.93. The fraction of sp³-hybridized carbons (Fsp3) is 0.375. The van der Waals surface area contributed by atoms with Gasteiger partial charge in [0.05, 0.1) is 16.6 Å². The molecule has 170 valence electrons. The normalized spacial score (nSPS) is 21.2. The largest absolute Gasteiger partial charge is 0.484 e. The SMILES string of the molecule is CC(c1ccc(F)c(Cl)c1)N1C[C@H]2COc3c(c4nc(C#N)ccc4n(C)c3=O)N2C[C@H]1C.